The number of hydrogen-bond acceptors (Lipinski definition) is 7. The summed E-state index contributed by atoms with van der Waals surface area (Å²) >= 11 is 0. The van der Waals surface area contributed by atoms with Gasteiger partial charge in [0.05, 0.1) is 24.1 Å². The summed E-state index contributed by atoms with van der Waals surface area (Å²) in [6.07, 6.45) is -0.0815. The van der Waals surface area contributed by atoms with Crippen molar-refractivity contribution < 1.29 is 23.7 Å². The average Bonchev–Trinajstić information content (AvgIpc) is 3.19. The largest absolute Gasteiger partial charge is 0.495 e. The van der Waals surface area contributed by atoms with E-state index in [2.05, 4.69) is 15.8 Å². The Labute approximate surface area is 193 Å². The van der Waals surface area contributed by atoms with Crippen molar-refractivity contribution in [3.05, 3.63) is 76.3 Å². The number of fused-ring (bicyclic) bond motifs is 3. The van der Waals surface area contributed by atoms with Crippen LogP contribution in [0.3, 0.4) is 0 Å². The number of hydrazone groups is 1. The molecule has 0 saturated carbocycles. The van der Waals surface area contributed by atoms with Crippen LogP contribution in [0.15, 0.2) is 70.2 Å². The van der Waals surface area contributed by atoms with Crippen LogP contribution in [-0.4, -0.2) is 29.6 Å². The molecule has 4 aromatic rings. The second kappa shape index (κ2) is 9.41. The van der Waals surface area contributed by atoms with Crippen molar-refractivity contribution in [2.45, 2.75) is 13.3 Å². The van der Waals surface area contributed by atoms with Crippen LogP contribution in [0.4, 0.5) is 11.4 Å². The van der Waals surface area contributed by atoms with Crippen LogP contribution in [0, 0.1) is 10.1 Å². The Morgan fingerprint density at radius 1 is 1.06 bits per heavy atom. The van der Waals surface area contributed by atoms with E-state index in [1.54, 1.807) is 13.0 Å². The van der Waals surface area contributed by atoms with Gasteiger partial charge in [0, 0.05) is 40.2 Å². The molecule has 10 nitrogen and oxygen atoms in total. The van der Waals surface area contributed by atoms with E-state index in [0.29, 0.717) is 22.7 Å². The average molecular weight is 460 g/mol. The van der Waals surface area contributed by atoms with Gasteiger partial charge in [-0.1, -0.05) is 18.2 Å². The molecule has 2 N–H and O–H groups in total. The monoisotopic (exact) mass is 460 g/mol. The number of anilines is 1. The maximum Gasteiger partial charge on any atom is 0.271 e. The molecule has 2 amide bonds. The Kier molecular flexibility index (Phi) is 6.22. The number of benzene rings is 3. The van der Waals surface area contributed by atoms with Gasteiger partial charge in [0.1, 0.15) is 16.9 Å². The first-order chi connectivity index (χ1) is 16.4. The Bertz CT molecular complexity index is 1440. The first-order valence-corrected chi connectivity index (χ1v) is 10.2. The molecule has 0 aliphatic heterocycles. The van der Waals surface area contributed by atoms with Crippen molar-refractivity contribution in [2.75, 3.05) is 12.4 Å². The lowest BCUT2D eigenvalue weighted by atomic mass is 10.1. The molecule has 0 atom stereocenters. The number of methoxy groups -OCH3 is 1. The van der Waals surface area contributed by atoms with Gasteiger partial charge in [-0.25, -0.2) is 5.43 Å². The van der Waals surface area contributed by atoms with Gasteiger partial charge in [-0.05, 0) is 31.2 Å². The summed E-state index contributed by atoms with van der Waals surface area (Å²) in [4.78, 5) is 34.9. The van der Waals surface area contributed by atoms with Crippen LogP contribution in [0.25, 0.3) is 21.9 Å². The van der Waals surface area contributed by atoms with E-state index < -0.39 is 10.8 Å². The predicted octanol–water partition coefficient (Wildman–Crippen LogP) is 4.64. The first-order valence-electron chi connectivity index (χ1n) is 10.2. The maximum absolute atomic E-state index is 12.6. The molecular weight excluding hydrogens is 440 g/mol. The number of hydrogen-bond donors (Lipinski definition) is 2. The molecule has 0 aliphatic rings. The fraction of sp³-hybridized carbons (Fsp3) is 0.125. The van der Waals surface area contributed by atoms with Gasteiger partial charge in [-0.3, -0.25) is 19.7 Å². The number of para-hydroxylation sites is 1. The molecule has 0 radical (unpaired) electrons. The minimum absolute atomic E-state index is 0.0815. The fourth-order valence-corrected chi connectivity index (χ4v) is 3.43. The second-order valence-corrected chi connectivity index (χ2v) is 7.46. The fourth-order valence-electron chi connectivity index (χ4n) is 3.43. The van der Waals surface area contributed by atoms with Crippen LogP contribution in [0.5, 0.6) is 5.75 Å². The van der Waals surface area contributed by atoms with Crippen molar-refractivity contribution >= 4 is 50.8 Å². The maximum atomic E-state index is 12.6. The normalized spacial score (nSPS) is 11.4. The summed E-state index contributed by atoms with van der Waals surface area (Å²) < 4.78 is 11.3. The van der Waals surface area contributed by atoms with Crippen molar-refractivity contribution in [2.24, 2.45) is 5.10 Å². The topological polar surface area (TPSA) is 136 Å². The molecule has 172 valence electrons. The summed E-state index contributed by atoms with van der Waals surface area (Å²) in [6, 6.07) is 16.2. The zero-order valence-corrected chi connectivity index (χ0v) is 18.3. The van der Waals surface area contributed by atoms with Gasteiger partial charge in [0.2, 0.25) is 5.91 Å². The molecule has 3 aromatic carbocycles. The summed E-state index contributed by atoms with van der Waals surface area (Å²) in [7, 11) is 1.51. The lowest BCUT2D eigenvalue weighted by Gasteiger charge is -2.10. The highest BCUT2D eigenvalue weighted by molar-refractivity contribution is 6.10. The van der Waals surface area contributed by atoms with Crippen molar-refractivity contribution in [3.8, 4) is 5.75 Å². The second-order valence-electron chi connectivity index (χ2n) is 7.46. The summed E-state index contributed by atoms with van der Waals surface area (Å²) in [5, 5.41) is 19.2. The molecule has 1 heterocycles. The minimum atomic E-state index is -0.552. The van der Waals surface area contributed by atoms with E-state index in [-0.39, 0.29) is 23.6 Å². The number of nitrogens with one attached hydrogen (secondary N) is 2. The smallest absolute Gasteiger partial charge is 0.271 e. The van der Waals surface area contributed by atoms with Crippen molar-refractivity contribution in [3.63, 3.8) is 0 Å². The van der Waals surface area contributed by atoms with Gasteiger partial charge >= 0.3 is 0 Å². The Morgan fingerprint density at radius 3 is 2.50 bits per heavy atom. The number of carbonyl (C=O) groups excluding carboxylic acids is 2. The Morgan fingerprint density at radius 2 is 1.79 bits per heavy atom. The van der Waals surface area contributed by atoms with Crippen LogP contribution < -0.4 is 15.5 Å². The number of nitro benzene ring substituents is 1. The molecular formula is C24H20N4O6. The number of carbonyl (C=O) groups is 2. The number of amides is 2. The molecule has 4 rings (SSSR count). The zero-order chi connectivity index (χ0) is 24.2. The minimum Gasteiger partial charge on any atom is -0.495 e. The third-order valence-electron chi connectivity index (χ3n) is 5.08. The summed E-state index contributed by atoms with van der Waals surface area (Å²) in [5.41, 5.74) is 4.57. The molecule has 0 spiro atoms. The highest BCUT2D eigenvalue weighted by Gasteiger charge is 2.15. The van der Waals surface area contributed by atoms with E-state index >= 15 is 0 Å². The van der Waals surface area contributed by atoms with E-state index in [9.17, 15) is 19.7 Å². The zero-order valence-electron chi connectivity index (χ0n) is 18.3. The van der Waals surface area contributed by atoms with E-state index in [1.807, 2.05) is 30.3 Å². The molecule has 0 fully saturated rings. The number of nitrogens with zero attached hydrogens (tertiary/aromatic N) is 2. The Hall–Kier alpha value is -4.73. The van der Waals surface area contributed by atoms with Crippen LogP contribution >= 0.6 is 0 Å². The summed E-state index contributed by atoms with van der Waals surface area (Å²) in [6.45, 7) is 1.59. The molecule has 10 heteroatoms. The molecule has 0 bridgehead atoms. The standard InChI is InChI=1S/C24H20N4O6/c1-14(26-27-24(30)15-7-9-16(10-8-15)28(31)32)11-23(29)25-19-13-21-18(12-22(19)33-2)17-5-3-4-6-20(17)34-21/h3-10,12-13H,11H2,1-2H3,(H,25,29)(H,27,30)/b26-14-. The van der Waals surface area contributed by atoms with Crippen LogP contribution in [0.2, 0.25) is 0 Å². The van der Waals surface area contributed by atoms with Crippen LogP contribution in [-0.2, 0) is 4.79 Å². The van der Waals surface area contributed by atoms with Gasteiger partial charge < -0.3 is 14.5 Å². The van der Waals surface area contributed by atoms with E-state index in [4.69, 9.17) is 9.15 Å². The quantitative estimate of drug-likeness (QED) is 0.234. The molecule has 34 heavy (non-hydrogen) atoms. The Balaban J connectivity index is 1.43. The highest BCUT2D eigenvalue weighted by atomic mass is 16.6. The SMILES string of the molecule is COc1cc2c(cc1NC(=O)C/C(C)=N\NC(=O)c1ccc([N+](=O)[O-])cc1)oc1ccccc12. The number of nitro groups is 1. The number of rotatable bonds is 7. The van der Waals surface area contributed by atoms with Gasteiger partial charge in [-0.2, -0.15) is 5.10 Å². The molecule has 1 aromatic heterocycles. The number of furan rings is 1. The first kappa shape index (κ1) is 22.5. The van der Waals surface area contributed by atoms with Crippen LogP contribution in [0.1, 0.15) is 23.7 Å². The van der Waals surface area contributed by atoms with E-state index in [0.717, 1.165) is 16.4 Å². The van der Waals surface area contributed by atoms with Gasteiger partial charge in [0.25, 0.3) is 11.6 Å². The van der Waals surface area contributed by atoms with E-state index in [1.165, 1.54) is 31.4 Å². The third kappa shape index (κ3) is 4.70. The number of non-ortho nitro benzene ring substituents is 1. The lowest BCUT2D eigenvalue weighted by Crippen LogP contribution is -2.21. The summed E-state index contributed by atoms with van der Waals surface area (Å²) in [5.74, 6) is -0.431. The van der Waals surface area contributed by atoms with Crippen molar-refractivity contribution in [1.29, 1.82) is 0 Å². The molecule has 0 unspecified atom stereocenters. The lowest BCUT2D eigenvalue weighted by molar-refractivity contribution is -0.384. The molecule has 0 saturated heterocycles. The third-order valence-corrected chi connectivity index (χ3v) is 5.08. The van der Waals surface area contributed by atoms with Crippen molar-refractivity contribution in [1.82, 2.24) is 5.43 Å². The van der Waals surface area contributed by atoms with Gasteiger partial charge in [-0.15, -0.1) is 0 Å². The molecule has 0 aliphatic carbocycles. The highest BCUT2D eigenvalue weighted by Crippen LogP contribution is 2.36. The number of ether oxygens (including phenoxy) is 1. The predicted molar refractivity (Wildman–Crippen MR) is 127 cm³/mol. The van der Waals surface area contributed by atoms with Gasteiger partial charge in [0.15, 0.2) is 0 Å².